The number of nitrogens with zero attached hydrogens (tertiary/aromatic N) is 3. The number of carbonyl (C=O) groups is 1. The molecule has 1 aromatic heterocycles. The lowest BCUT2D eigenvalue weighted by Crippen LogP contribution is -2.22. The van der Waals surface area contributed by atoms with Crippen LogP contribution in [0.1, 0.15) is 0 Å². The number of rotatable bonds is 9. The van der Waals surface area contributed by atoms with E-state index in [2.05, 4.69) is 20.8 Å². The van der Waals surface area contributed by atoms with Crippen LogP contribution in [0.2, 0.25) is 0 Å². The molecule has 0 aliphatic rings. The van der Waals surface area contributed by atoms with E-state index in [1.165, 1.54) is 49.3 Å². The lowest BCUT2D eigenvalue weighted by Gasteiger charge is -2.11. The summed E-state index contributed by atoms with van der Waals surface area (Å²) in [5.74, 6) is 0.643. The number of sulfonamides is 1. The van der Waals surface area contributed by atoms with Gasteiger partial charge in [-0.1, -0.05) is 29.2 Å². The standard InChI is InChI=1S/C19H21N5O4S3/c1-24(2)31(26,27)16-9-7-13(8-10-16)20-17(25)12-29-19-23-22-18(30-19)21-14-5-4-6-15(11-14)28-3/h4-11H,12H2,1-3H3,(H,20,25)(H,21,22). The Balaban J connectivity index is 1.52. The number of benzene rings is 2. The van der Waals surface area contributed by atoms with Crippen LogP contribution in [0.5, 0.6) is 5.75 Å². The van der Waals surface area contributed by atoms with Crippen LogP contribution >= 0.6 is 23.1 Å². The number of nitrogens with one attached hydrogen (secondary N) is 2. The maximum atomic E-state index is 12.2. The van der Waals surface area contributed by atoms with Gasteiger partial charge in [0.2, 0.25) is 21.1 Å². The van der Waals surface area contributed by atoms with Crippen LogP contribution in [0.3, 0.4) is 0 Å². The monoisotopic (exact) mass is 479 g/mol. The second-order valence-corrected chi connectivity index (χ2v) is 10.7. The summed E-state index contributed by atoms with van der Waals surface area (Å²) in [5, 5.41) is 14.6. The van der Waals surface area contributed by atoms with E-state index < -0.39 is 10.0 Å². The van der Waals surface area contributed by atoms with Crippen molar-refractivity contribution in [2.45, 2.75) is 9.24 Å². The van der Waals surface area contributed by atoms with Crippen molar-refractivity contribution >= 4 is 55.5 Å². The van der Waals surface area contributed by atoms with Gasteiger partial charge in [-0.05, 0) is 36.4 Å². The van der Waals surface area contributed by atoms with Crippen molar-refractivity contribution in [3.05, 3.63) is 48.5 Å². The summed E-state index contributed by atoms with van der Waals surface area (Å²) in [6.07, 6.45) is 0. The average molecular weight is 480 g/mol. The van der Waals surface area contributed by atoms with Crippen molar-refractivity contribution in [2.24, 2.45) is 0 Å². The molecule has 2 N–H and O–H groups in total. The minimum atomic E-state index is -3.50. The highest BCUT2D eigenvalue weighted by molar-refractivity contribution is 8.01. The molecule has 0 saturated carbocycles. The first-order valence-electron chi connectivity index (χ1n) is 8.98. The van der Waals surface area contributed by atoms with Gasteiger partial charge in [-0.15, -0.1) is 10.2 Å². The first-order valence-corrected chi connectivity index (χ1v) is 12.2. The van der Waals surface area contributed by atoms with Gasteiger partial charge in [0.05, 0.1) is 17.8 Å². The summed E-state index contributed by atoms with van der Waals surface area (Å²) in [5.41, 5.74) is 1.34. The predicted molar refractivity (Wildman–Crippen MR) is 123 cm³/mol. The Morgan fingerprint density at radius 3 is 2.55 bits per heavy atom. The Bertz CT molecular complexity index is 1150. The SMILES string of the molecule is COc1cccc(Nc2nnc(SCC(=O)Nc3ccc(S(=O)(=O)N(C)C)cc3)s2)c1. The molecular weight excluding hydrogens is 458 g/mol. The number of carbonyl (C=O) groups excluding carboxylic acids is 1. The summed E-state index contributed by atoms with van der Waals surface area (Å²) < 4.78 is 31.1. The van der Waals surface area contributed by atoms with E-state index in [1.807, 2.05) is 24.3 Å². The van der Waals surface area contributed by atoms with Crippen LogP contribution in [0.15, 0.2) is 57.8 Å². The van der Waals surface area contributed by atoms with Crippen molar-refractivity contribution in [3.63, 3.8) is 0 Å². The van der Waals surface area contributed by atoms with E-state index >= 15 is 0 Å². The third kappa shape index (κ3) is 6.17. The molecule has 0 atom stereocenters. The fourth-order valence-electron chi connectivity index (χ4n) is 2.39. The molecule has 1 amide bonds. The molecule has 12 heteroatoms. The van der Waals surface area contributed by atoms with Gasteiger partial charge in [0.15, 0.2) is 4.34 Å². The summed E-state index contributed by atoms with van der Waals surface area (Å²) in [6.45, 7) is 0. The first-order chi connectivity index (χ1) is 14.8. The van der Waals surface area contributed by atoms with Crippen LogP contribution < -0.4 is 15.4 Å². The molecule has 1 heterocycles. The second kappa shape index (κ2) is 10.1. The fraction of sp³-hybridized carbons (Fsp3) is 0.211. The first kappa shape index (κ1) is 23.0. The highest BCUT2D eigenvalue weighted by Gasteiger charge is 2.17. The molecule has 0 spiro atoms. The molecule has 0 radical (unpaired) electrons. The molecule has 0 fully saturated rings. The zero-order valence-electron chi connectivity index (χ0n) is 17.0. The molecule has 0 saturated heterocycles. The molecule has 0 aliphatic carbocycles. The normalized spacial score (nSPS) is 11.4. The maximum Gasteiger partial charge on any atom is 0.242 e. The van der Waals surface area contributed by atoms with Crippen LogP contribution in [-0.2, 0) is 14.8 Å². The number of methoxy groups -OCH3 is 1. The number of ether oxygens (including phenoxy) is 1. The highest BCUT2D eigenvalue weighted by atomic mass is 32.2. The van der Waals surface area contributed by atoms with Crippen molar-refractivity contribution in [3.8, 4) is 5.75 Å². The van der Waals surface area contributed by atoms with Gasteiger partial charge < -0.3 is 15.4 Å². The van der Waals surface area contributed by atoms with Crippen molar-refractivity contribution in [2.75, 3.05) is 37.6 Å². The number of hydrogen-bond donors (Lipinski definition) is 2. The fourth-order valence-corrected chi connectivity index (χ4v) is 4.86. The topological polar surface area (TPSA) is 114 Å². The van der Waals surface area contributed by atoms with Gasteiger partial charge >= 0.3 is 0 Å². The smallest absolute Gasteiger partial charge is 0.242 e. The summed E-state index contributed by atoms with van der Waals surface area (Å²) >= 11 is 2.60. The van der Waals surface area contributed by atoms with Crippen LogP contribution in [-0.4, -0.2) is 55.8 Å². The molecule has 0 aliphatic heterocycles. The number of aromatic nitrogens is 2. The minimum Gasteiger partial charge on any atom is -0.497 e. The minimum absolute atomic E-state index is 0.144. The number of thioether (sulfide) groups is 1. The third-order valence-corrected chi connectivity index (χ3v) is 7.77. The van der Waals surface area contributed by atoms with Gasteiger partial charge in [-0.25, -0.2) is 12.7 Å². The third-order valence-electron chi connectivity index (χ3n) is 3.97. The number of amides is 1. The van der Waals surface area contributed by atoms with Crippen LogP contribution in [0.25, 0.3) is 0 Å². The lowest BCUT2D eigenvalue weighted by atomic mass is 10.3. The van der Waals surface area contributed by atoms with Gasteiger partial charge in [-0.3, -0.25) is 4.79 Å². The molecule has 3 rings (SSSR count). The summed E-state index contributed by atoms with van der Waals surface area (Å²) in [7, 11) is 1.03. The van der Waals surface area contributed by atoms with Crippen LogP contribution in [0.4, 0.5) is 16.5 Å². The molecule has 0 bridgehead atoms. The van der Waals surface area contributed by atoms with E-state index in [1.54, 1.807) is 19.2 Å². The zero-order valence-corrected chi connectivity index (χ0v) is 19.5. The van der Waals surface area contributed by atoms with Crippen molar-refractivity contribution in [1.29, 1.82) is 0 Å². The van der Waals surface area contributed by atoms with Crippen LogP contribution in [0, 0.1) is 0 Å². The van der Waals surface area contributed by atoms with E-state index in [-0.39, 0.29) is 16.6 Å². The Kier molecular flexibility index (Phi) is 7.49. The summed E-state index contributed by atoms with van der Waals surface area (Å²) in [4.78, 5) is 12.4. The Morgan fingerprint density at radius 1 is 1.13 bits per heavy atom. The van der Waals surface area contributed by atoms with Crippen molar-refractivity contribution < 1.29 is 17.9 Å². The molecule has 3 aromatic rings. The Labute approximate surface area is 188 Å². The van der Waals surface area contributed by atoms with E-state index in [4.69, 9.17) is 4.74 Å². The summed E-state index contributed by atoms with van der Waals surface area (Å²) in [6, 6.07) is 13.5. The van der Waals surface area contributed by atoms with E-state index in [0.29, 0.717) is 15.2 Å². The molecule has 31 heavy (non-hydrogen) atoms. The molecule has 2 aromatic carbocycles. The molecule has 0 unspecified atom stereocenters. The average Bonchev–Trinajstić information content (AvgIpc) is 3.20. The zero-order chi connectivity index (χ0) is 22.4. The quantitative estimate of drug-likeness (QED) is 0.450. The second-order valence-electron chi connectivity index (χ2n) is 6.38. The Morgan fingerprint density at radius 2 is 1.87 bits per heavy atom. The number of anilines is 3. The highest BCUT2D eigenvalue weighted by Crippen LogP contribution is 2.29. The van der Waals surface area contributed by atoms with Gasteiger partial charge in [0, 0.05) is 31.5 Å². The van der Waals surface area contributed by atoms with Crippen molar-refractivity contribution in [1.82, 2.24) is 14.5 Å². The maximum absolute atomic E-state index is 12.2. The molecule has 9 nitrogen and oxygen atoms in total. The van der Waals surface area contributed by atoms with Gasteiger partial charge in [0.1, 0.15) is 5.75 Å². The predicted octanol–water partition coefficient (Wildman–Crippen LogP) is 3.27. The lowest BCUT2D eigenvalue weighted by molar-refractivity contribution is -0.113. The van der Waals surface area contributed by atoms with Gasteiger partial charge in [0.25, 0.3) is 0 Å². The molecular formula is C19H21N5O4S3. The van der Waals surface area contributed by atoms with E-state index in [9.17, 15) is 13.2 Å². The van der Waals surface area contributed by atoms with Gasteiger partial charge in [-0.2, -0.15) is 0 Å². The largest absolute Gasteiger partial charge is 0.497 e. The number of hydrogen-bond acceptors (Lipinski definition) is 9. The Hall–Kier alpha value is -2.67. The molecule has 164 valence electrons. The van der Waals surface area contributed by atoms with E-state index in [0.717, 1.165) is 15.7 Å².